The largest absolute Gasteiger partial charge is 0.508 e. The van der Waals surface area contributed by atoms with E-state index in [4.69, 9.17) is 40.1 Å². The number of nitrogens with two attached hydrogens (primary N) is 7. The van der Waals surface area contributed by atoms with Crippen molar-refractivity contribution in [1.29, 1.82) is 0 Å². The molecule has 28 N–H and O–H groups in total. The number of aliphatic carboxylic acids is 1. The number of benzene rings is 2. The van der Waals surface area contributed by atoms with Crippen LogP contribution in [0.3, 0.4) is 0 Å². The zero-order valence-corrected chi connectivity index (χ0v) is 65.0. The number of amides is 13. The Morgan fingerprint density at radius 1 is 0.491 bits per heavy atom. The first kappa shape index (κ1) is 93.6. The first-order valence-corrected chi connectivity index (χ1v) is 38.3. The van der Waals surface area contributed by atoms with Crippen LogP contribution in [0.1, 0.15) is 155 Å². The average molecular weight is 1570 g/mol. The molecule has 2 aromatic carbocycles. The van der Waals surface area contributed by atoms with Gasteiger partial charge in [0.15, 0.2) is 11.9 Å². The molecule has 2 aromatic rings. The monoisotopic (exact) mass is 1570 g/mol. The average Bonchev–Trinajstić information content (AvgIpc) is 1.67. The second kappa shape index (κ2) is 48.8. The van der Waals surface area contributed by atoms with Crippen molar-refractivity contribution in [3.8, 4) is 5.75 Å². The molecule has 0 spiro atoms. The summed E-state index contributed by atoms with van der Waals surface area (Å²) in [6.07, 6.45) is 0.425. The number of rotatable bonds is 28. The molecule has 0 aliphatic carbocycles. The summed E-state index contributed by atoms with van der Waals surface area (Å²) >= 11 is 0. The molecule has 0 radical (unpaired) electrons. The van der Waals surface area contributed by atoms with E-state index in [2.05, 4.69) is 73.8 Å². The number of guanidine groups is 2. The number of carbonyl (C=O) groups excluding carboxylic acids is 13. The predicted octanol–water partition coefficient (Wildman–Crippen LogP) is -4.43. The summed E-state index contributed by atoms with van der Waals surface area (Å²) in [5.41, 5.74) is 41.6. The van der Waals surface area contributed by atoms with Crippen LogP contribution in [0, 0.1) is 17.8 Å². The third-order valence-corrected chi connectivity index (χ3v) is 18.8. The van der Waals surface area contributed by atoms with Crippen LogP contribution in [0.2, 0.25) is 0 Å². The summed E-state index contributed by atoms with van der Waals surface area (Å²) in [4.78, 5) is 211. The highest BCUT2D eigenvalue weighted by Crippen LogP contribution is 2.23. The molecule has 2 aliphatic rings. The van der Waals surface area contributed by atoms with E-state index in [-0.39, 0.29) is 146 Å². The van der Waals surface area contributed by atoms with Gasteiger partial charge in [0, 0.05) is 39.0 Å². The van der Waals surface area contributed by atoms with Crippen molar-refractivity contribution in [2.75, 3.05) is 45.8 Å². The standard InChI is InChI=1S/C74H120N22O16/c1-7-43(6)60-71(111)90-51(23-16-32-83-74(80)81)72(112)96-33-17-24-57(96)70(110)89-49(21-12-14-30-76)65(105)92-53(35-42(4)5)67(107)88-48(20-11-13-29-75)64(104)93-54(37-45-25-27-46(97)28-26-45)63(103)85-40-58(98)86-56(38-59(99)100)69(109)94-55(36-44-18-9-8-10-19-44)68(108)91-52(34-41(2)3)62(102)84-39-47(77)61(101)87-50(66(106)95-60)22-15-31-82-73(78)79/h8-10,18-19,25-28,41-43,47-57,60,97H,7,11-17,20-24,29-40,75-77H2,1-6H3,(H,84,102)(H,85,103)(H,86,98)(H,87,101)(H,88,107)(H,89,110)(H,90,111)(H,91,108)(H,92,105)(H,93,104)(H,94,109)(H,95,106)(H,99,100)(H4,78,79,82)(H4,80,81,83)/t43-,47-,48-,49-,50-,51-,52-,53-,54-,55-,56+,57-,60-/m0/s1. The number of carbonyl (C=O) groups is 14. The van der Waals surface area contributed by atoms with Gasteiger partial charge < -0.3 is 119 Å². The Bertz CT molecular complexity index is 3520. The van der Waals surface area contributed by atoms with Gasteiger partial charge in [-0.2, -0.15) is 0 Å². The lowest BCUT2D eigenvalue weighted by Gasteiger charge is -2.32. The van der Waals surface area contributed by atoms with Gasteiger partial charge in [-0.1, -0.05) is 90.4 Å². The summed E-state index contributed by atoms with van der Waals surface area (Å²) in [6.45, 7) is 9.39. The van der Waals surface area contributed by atoms with Gasteiger partial charge in [0.1, 0.15) is 78.3 Å². The summed E-state index contributed by atoms with van der Waals surface area (Å²) in [5, 5.41) is 51.8. The molecule has 38 nitrogen and oxygen atoms in total. The molecule has 13 atom stereocenters. The fourth-order valence-electron chi connectivity index (χ4n) is 12.6. The molecule has 0 bridgehead atoms. The lowest BCUT2D eigenvalue weighted by molar-refractivity contribution is -0.143. The fraction of sp³-hybridized carbons (Fsp3) is 0.622. The Labute approximate surface area is 652 Å². The van der Waals surface area contributed by atoms with Gasteiger partial charge in [0.25, 0.3) is 0 Å². The summed E-state index contributed by atoms with van der Waals surface area (Å²) in [6, 6.07) is -3.66. The topological polar surface area (TPSA) is 634 Å². The Balaban J connectivity index is 1.89. The number of carboxylic acids is 1. The molecule has 13 amide bonds. The Kier molecular flexibility index (Phi) is 40.8. The molecular formula is C74H120N22O16. The highest BCUT2D eigenvalue weighted by Gasteiger charge is 2.42. The summed E-state index contributed by atoms with van der Waals surface area (Å²) in [7, 11) is 0. The van der Waals surface area contributed by atoms with Crippen LogP contribution >= 0.6 is 0 Å². The van der Waals surface area contributed by atoms with Crippen LogP contribution in [-0.4, -0.2) is 228 Å². The molecule has 0 saturated carbocycles. The van der Waals surface area contributed by atoms with Crippen LogP contribution < -0.4 is 104 Å². The number of hydrogen-bond acceptors (Lipinski definition) is 20. The van der Waals surface area contributed by atoms with E-state index in [1.54, 1.807) is 71.9 Å². The molecule has 2 heterocycles. The molecule has 38 heteroatoms. The smallest absolute Gasteiger partial charge is 0.305 e. The lowest BCUT2D eigenvalue weighted by atomic mass is 9.96. The normalized spacial score (nSPS) is 24.3. The highest BCUT2D eigenvalue weighted by molar-refractivity contribution is 6.00. The van der Waals surface area contributed by atoms with Crippen LogP contribution in [0.5, 0.6) is 5.75 Å². The van der Waals surface area contributed by atoms with Gasteiger partial charge in [-0.25, -0.2) is 0 Å². The number of nitrogens with zero attached hydrogens (tertiary/aromatic N) is 3. The number of aliphatic imine (C=N–C) groups is 2. The number of phenolic OH excluding ortho intramolecular Hbond substituents is 1. The zero-order valence-electron chi connectivity index (χ0n) is 65.0. The maximum atomic E-state index is 15.1. The van der Waals surface area contributed by atoms with Crippen molar-refractivity contribution >= 4 is 94.7 Å². The van der Waals surface area contributed by atoms with Crippen molar-refractivity contribution in [2.45, 2.75) is 230 Å². The molecule has 2 saturated heterocycles. The first-order valence-electron chi connectivity index (χ1n) is 38.3. The third-order valence-electron chi connectivity index (χ3n) is 18.8. The van der Waals surface area contributed by atoms with Crippen LogP contribution in [0.25, 0.3) is 0 Å². The Morgan fingerprint density at radius 2 is 0.920 bits per heavy atom. The molecule has 622 valence electrons. The number of carboxylic acid groups (broad SMARTS) is 1. The number of fused-ring (bicyclic) bond motifs is 1. The lowest BCUT2D eigenvalue weighted by Crippen LogP contribution is -2.61. The van der Waals surface area contributed by atoms with E-state index in [1.165, 1.54) is 29.2 Å². The number of aromatic hydroxyl groups is 1. The summed E-state index contributed by atoms with van der Waals surface area (Å²) in [5.74, 6) is -15.1. The van der Waals surface area contributed by atoms with Gasteiger partial charge >= 0.3 is 5.97 Å². The number of unbranched alkanes of at least 4 members (excludes halogenated alkanes) is 2. The minimum Gasteiger partial charge on any atom is -0.508 e. The predicted molar refractivity (Wildman–Crippen MR) is 416 cm³/mol. The summed E-state index contributed by atoms with van der Waals surface area (Å²) < 4.78 is 0. The zero-order chi connectivity index (χ0) is 83.1. The molecule has 112 heavy (non-hydrogen) atoms. The van der Waals surface area contributed by atoms with Gasteiger partial charge in [-0.15, -0.1) is 0 Å². The van der Waals surface area contributed by atoms with Crippen molar-refractivity contribution in [2.24, 2.45) is 67.9 Å². The Hall–Kier alpha value is -10.8. The van der Waals surface area contributed by atoms with Crippen molar-refractivity contribution < 1.29 is 77.3 Å². The Morgan fingerprint density at radius 3 is 1.44 bits per heavy atom. The highest BCUT2D eigenvalue weighted by atomic mass is 16.4. The molecule has 0 aromatic heterocycles. The van der Waals surface area contributed by atoms with Crippen molar-refractivity contribution in [1.82, 2.24) is 68.7 Å². The van der Waals surface area contributed by atoms with Crippen molar-refractivity contribution in [3.05, 3.63) is 65.7 Å². The van der Waals surface area contributed by atoms with E-state index in [1.807, 2.05) is 0 Å². The SMILES string of the molecule is CC[C@H](C)[C@@H]1NC(=O)[C@H](CCCN=C(N)N)NC(=O)[C@@H](N)CNC(=O)[C@H](CC(C)C)NC(=O)[C@H](Cc2ccccc2)NC(=O)[C@@H](CC(=O)O)NC(=O)CNC(=O)[C@H](Cc2ccc(O)cc2)NC(=O)[C@H](CCCCN)NC(=O)[C@H](CC(C)C)NC(=O)[C@H](CCCCN)NC(=O)[C@@H]2CCCN2C(=O)[C@H](CCCN=C(N)N)NC1=O. The molecule has 2 aliphatic heterocycles. The second-order valence-corrected chi connectivity index (χ2v) is 29.1. The number of phenols is 1. The fourth-order valence-corrected chi connectivity index (χ4v) is 12.6. The second-order valence-electron chi connectivity index (χ2n) is 29.1. The minimum atomic E-state index is -1.91. The van der Waals surface area contributed by atoms with E-state index in [9.17, 15) is 72.5 Å². The van der Waals surface area contributed by atoms with Gasteiger partial charge in [0.2, 0.25) is 76.8 Å². The maximum Gasteiger partial charge on any atom is 0.305 e. The van der Waals surface area contributed by atoms with E-state index < -0.39 is 181 Å². The maximum absolute atomic E-state index is 15.1. The third kappa shape index (κ3) is 33.4. The van der Waals surface area contributed by atoms with Gasteiger partial charge in [-0.3, -0.25) is 77.1 Å². The van der Waals surface area contributed by atoms with Gasteiger partial charge in [0.05, 0.1) is 13.0 Å². The van der Waals surface area contributed by atoms with Crippen LogP contribution in [-0.2, 0) is 80.0 Å². The molecular weight excluding hydrogens is 1450 g/mol. The molecule has 4 rings (SSSR count). The van der Waals surface area contributed by atoms with Crippen LogP contribution in [0.4, 0.5) is 0 Å². The van der Waals surface area contributed by atoms with Crippen LogP contribution in [0.15, 0.2) is 64.6 Å². The van der Waals surface area contributed by atoms with E-state index in [0.29, 0.717) is 36.8 Å². The minimum absolute atomic E-state index is 0.00102. The molecule has 0 unspecified atom stereocenters. The van der Waals surface area contributed by atoms with Crippen molar-refractivity contribution in [3.63, 3.8) is 0 Å². The van der Waals surface area contributed by atoms with E-state index >= 15 is 4.79 Å². The van der Waals surface area contributed by atoms with Gasteiger partial charge in [-0.05, 0) is 144 Å². The number of hydrogen-bond donors (Lipinski definition) is 21. The number of nitrogens with one attached hydrogen (secondary N) is 12. The molecule has 2 fully saturated rings. The van der Waals surface area contributed by atoms with E-state index in [0.717, 1.165) is 0 Å². The quantitative estimate of drug-likeness (QED) is 0.0217. The first-order chi connectivity index (χ1) is 53.1.